The largest absolute Gasteiger partial charge is 0.481 e. The van der Waals surface area contributed by atoms with Crippen LogP contribution >= 0.6 is 23.2 Å². The summed E-state index contributed by atoms with van der Waals surface area (Å²) in [6.45, 7) is -3.04. The van der Waals surface area contributed by atoms with Crippen molar-refractivity contribution in [2.24, 2.45) is 0 Å². The maximum absolute atomic E-state index is 13.0. The Morgan fingerprint density at radius 2 is 2.03 bits per heavy atom. The van der Waals surface area contributed by atoms with E-state index in [1.165, 1.54) is 24.5 Å². The molecule has 1 amide bonds. The highest BCUT2D eigenvalue weighted by Gasteiger charge is 2.44. The fourth-order valence-electron chi connectivity index (χ4n) is 3.27. The molecule has 2 aliphatic rings. The summed E-state index contributed by atoms with van der Waals surface area (Å²) < 4.78 is 36.5. The Morgan fingerprint density at radius 1 is 1.31 bits per heavy atom. The van der Waals surface area contributed by atoms with Crippen molar-refractivity contribution in [3.63, 3.8) is 0 Å². The molecule has 1 aliphatic carbocycles. The Labute approximate surface area is 172 Å². The third kappa shape index (κ3) is 3.58. The number of hydrogen-bond acceptors (Lipinski definition) is 5. The highest BCUT2D eigenvalue weighted by atomic mass is 35.5. The molecule has 0 radical (unpaired) electrons. The Hall–Kier alpha value is -2.91. The molecule has 29 heavy (non-hydrogen) atoms. The van der Waals surface area contributed by atoms with Crippen LogP contribution in [0.25, 0.3) is 0 Å². The summed E-state index contributed by atoms with van der Waals surface area (Å²) in [5, 5.41) is 12.0. The smallest absolute Gasteiger partial charge is 0.387 e. The van der Waals surface area contributed by atoms with Gasteiger partial charge < -0.3 is 14.8 Å². The summed E-state index contributed by atoms with van der Waals surface area (Å²) in [7, 11) is 0. The van der Waals surface area contributed by atoms with Crippen LogP contribution in [0.4, 0.5) is 14.5 Å². The van der Waals surface area contributed by atoms with Crippen molar-refractivity contribution >= 4 is 34.8 Å². The fourth-order valence-corrected chi connectivity index (χ4v) is 3.82. The molecule has 0 fully saturated rings. The highest BCUT2D eigenvalue weighted by molar-refractivity contribution is 6.39. The predicted octanol–water partition coefficient (Wildman–Crippen LogP) is 3.46. The minimum atomic E-state index is -3.04. The second-order valence-electron chi connectivity index (χ2n) is 6.16. The number of hydrogen-bond donors (Lipinski definition) is 2. The van der Waals surface area contributed by atoms with Gasteiger partial charge in [-0.25, -0.2) is 0 Å². The lowest BCUT2D eigenvalue weighted by Gasteiger charge is -2.26. The number of pyridine rings is 2. The third-order valence-electron chi connectivity index (χ3n) is 4.44. The number of fused-ring (bicyclic) bond motifs is 3. The monoisotopic (exact) mass is 442 g/mol. The van der Waals surface area contributed by atoms with Crippen molar-refractivity contribution in [3.05, 3.63) is 69.9 Å². The number of carbonyl (C=O) groups excluding carboxylic acids is 1. The van der Waals surface area contributed by atoms with Crippen LogP contribution in [0.1, 0.15) is 11.5 Å². The fraction of sp³-hybridized carbons (Fsp3) is 0.167. The molecule has 7 nitrogen and oxygen atoms in total. The second kappa shape index (κ2) is 7.49. The van der Waals surface area contributed by atoms with Gasteiger partial charge in [0.25, 0.3) is 5.91 Å². The number of allylic oxidation sites excluding steroid dienone is 2. The molecule has 1 aliphatic heterocycles. The molecule has 2 unspecified atom stereocenters. The zero-order chi connectivity index (χ0) is 20.7. The van der Waals surface area contributed by atoms with Crippen molar-refractivity contribution in [2.45, 2.75) is 18.6 Å². The molecule has 2 aromatic heterocycles. The Kier molecular flexibility index (Phi) is 5.01. The maximum atomic E-state index is 13.0. The third-order valence-corrected chi connectivity index (χ3v) is 5.01. The van der Waals surface area contributed by atoms with Gasteiger partial charge in [-0.05, 0) is 18.2 Å². The quantitative estimate of drug-likeness (QED) is 0.559. The van der Waals surface area contributed by atoms with Crippen molar-refractivity contribution in [2.75, 3.05) is 5.32 Å². The number of carbonyl (C=O) groups is 1. The van der Waals surface area contributed by atoms with Crippen molar-refractivity contribution in [1.29, 1.82) is 0 Å². The zero-order valence-electron chi connectivity index (χ0n) is 14.4. The van der Waals surface area contributed by atoms with E-state index in [0.717, 1.165) is 12.4 Å². The zero-order valence-corrected chi connectivity index (χ0v) is 15.9. The minimum Gasteiger partial charge on any atom is -0.481 e. The first-order valence-corrected chi connectivity index (χ1v) is 8.98. The number of anilines is 1. The molecule has 0 aromatic carbocycles. The molecule has 3 heterocycles. The maximum Gasteiger partial charge on any atom is 0.387 e. The average molecular weight is 443 g/mol. The van der Waals surface area contributed by atoms with Crippen LogP contribution in [0.15, 0.2) is 54.3 Å². The van der Waals surface area contributed by atoms with Gasteiger partial charge in [-0.3, -0.25) is 15.0 Å². The predicted molar refractivity (Wildman–Crippen MR) is 97.1 cm³/mol. The van der Waals surface area contributed by atoms with Crippen LogP contribution in [0.5, 0.6) is 5.75 Å². The highest BCUT2D eigenvalue weighted by Crippen LogP contribution is 2.47. The van der Waals surface area contributed by atoms with Gasteiger partial charge in [-0.2, -0.15) is 8.78 Å². The van der Waals surface area contributed by atoms with Gasteiger partial charge in [-0.15, -0.1) is 0 Å². The summed E-state index contributed by atoms with van der Waals surface area (Å²) in [4.78, 5) is 17.0. The van der Waals surface area contributed by atoms with Crippen molar-refractivity contribution in [1.82, 2.24) is 4.98 Å². The second-order valence-corrected chi connectivity index (χ2v) is 6.98. The van der Waals surface area contributed by atoms with E-state index in [-0.39, 0.29) is 27.1 Å². The van der Waals surface area contributed by atoms with Crippen molar-refractivity contribution < 1.29 is 33.0 Å². The summed E-state index contributed by atoms with van der Waals surface area (Å²) >= 11 is 12.1. The first-order chi connectivity index (χ1) is 13.8. The molecule has 4 rings (SSSR count). The molecule has 0 bridgehead atoms. The summed E-state index contributed by atoms with van der Waals surface area (Å²) in [5.41, 5.74) is 0.863. The van der Waals surface area contributed by atoms with Gasteiger partial charge in [0, 0.05) is 28.3 Å². The Balaban J connectivity index is 1.71. The van der Waals surface area contributed by atoms with Crippen LogP contribution in [-0.2, 0) is 9.53 Å². The van der Waals surface area contributed by atoms with E-state index in [9.17, 15) is 18.8 Å². The molecule has 0 spiro atoms. The summed E-state index contributed by atoms with van der Waals surface area (Å²) in [6.07, 6.45) is 6.97. The number of nitrogens with zero attached hydrogens (tertiary/aromatic N) is 2. The van der Waals surface area contributed by atoms with Gasteiger partial charge >= 0.3 is 6.61 Å². The van der Waals surface area contributed by atoms with E-state index in [1.807, 2.05) is 0 Å². The molecule has 2 N–H and O–H groups in total. The van der Waals surface area contributed by atoms with Crippen LogP contribution < -0.4 is 14.8 Å². The first kappa shape index (κ1) is 19.4. The lowest BCUT2D eigenvalue weighted by atomic mass is 9.84. The van der Waals surface area contributed by atoms with Crippen LogP contribution in [0.2, 0.25) is 10.0 Å². The molecule has 2 atom stereocenters. The van der Waals surface area contributed by atoms with Gasteiger partial charge in [0.2, 0.25) is 12.4 Å². The summed E-state index contributed by atoms with van der Waals surface area (Å²) in [6, 6.07) is 1.58. The van der Waals surface area contributed by atoms with Gasteiger partial charge in [0.15, 0.2) is 6.10 Å². The number of rotatable bonds is 4. The minimum absolute atomic E-state index is 0.00307. The SMILES string of the molecule is O=C(Nc1c(Cl)c[n+](O)cc1Cl)C1=CC=C(OC(F)F)C2Oc3ccncc3C12. The van der Waals surface area contributed by atoms with Crippen LogP contribution in [0.3, 0.4) is 0 Å². The van der Waals surface area contributed by atoms with E-state index in [2.05, 4.69) is 15.0 Å². The van der Waals surface area contributed by atoms with Crippen LogP contribution in [-0.4, -0.2) is 28.8 Å². The van der Waals surface area contributed by atoms with Crippen LogP contribution in [0, 0.1) is 0 Å². The molecular formula is C18H12Cl2F2N3O4+. The van der Waals surface area contributed by atoms with E-state index >= 15 is 0 Å². The van der Waals surface area contributed by atoms with E-state index in [1.54, 1.807) is 6.07 Å². The molecule has 2 aromatic rings. The van der Waals surface area contributed by atoms with Gasteiger partial charge in [-0.1, -0.05) is 23.2 Å². The molecular weight excluding hydrogens is 431 g/mol. The average Bonchev–Trinajstić information content (AvgIpc) is 3.04. The Morgan fingerprint density at radius 3 is 2.72 bits per heavy atom. The number of alkyl halides is 2. The Bertz CT molecular complexity index is 1040. The van der Waals surface area contributed by atoms with E-state index in [0.29, 0.717) is 16.0 Å². The number of halogens is 4. The number of aromatic nitrogens is 2. The van der Waals surface area contributed by atoms with Gasteiger partial charge in [0.1, 0.15) is 21.6 Å². The number of ether oxygens (including phenoxy) is 2. The lowest BCUT2D eigenvalue weighted by molar-refractivity contribution is -0.904. The van der Waals surface area contributed by atoms with E-state index in [4.69, 9.17) is 27.9 Å². The lowest BCUT2D eigenvalue weighted by Crippen LogP contribution is -2.33. The number of nitrogens with one attached hydrogen (secondary N) is 1. The first-order valence-electron chi connectivity index (χ1n) is 8.23. The van der Waals surface area contributed by atoms with Gasteiger partial charge in [0.05, 0.1) is 11.6 Å². The summed E-state index contributed by atoms with van der Waals surface area (Å²) in [5.74, 6) is -0.986. The van der Waals surface area contributed by atoms with Crippen molar-refractivity contribution in [3.8, 4) is 5.75 Å². The van der Waals surface area contributed by atoms with E-state index < -0.39 is 24.5 Å². The molecule has 0 saturated carbocycles. The molecule has 150 valence electrons. The normalized spacial score (nSPS) is 19.6. The topological polar surface area (TPSA) is 84.6 Å². The standard InChI is InChI=1S/C18H11Cl2F2N3O4/c19-10-6-25(27)7-11(20)15(10)24-17(26)8-1-2-13(29-18(21)22)16-14(8)9-5-23-4-3-12(9)28-16/h1-7,14,16,18,27H/p+1. The molecule has 11 heteroatoms. The molecule has 0 saturated heterocycles. The number of amides is 1.